The summed E-state index contributed by atoms with van der Waals surface area (Å²) in [5.41, 5.74) is 0.566. The van der Waals surface area contributed by atoms with Gasteiger partial charge in [-0.15, -0.1) is 0 Å². The van der Waals surface area contributed by atoms with Gasteiger partial charge in [-0.05, 0) is 27.7 Å². The standard InChI is InChI=1S/C13H20N2O3S/c1-8-10-9(14-11(17-5)19-10)6-7-15(8)12(16)18-13(2,3)4/h8H,6-7H2,1-5H3/t8-/m1/s1. The van der Waals surface area contributed by atoms with Crippen molar-refractivity contribution in [1.29, 1.82) is 0 Å². The molecule has 0 aromatic carbocycles. The van der Waals surface area contributed by atoms with Gasteiger partial charge in [-0.3, -0.25) is 0 Å². The summed E-state index contributed by atoms with van der Waals surface area (Å²) in [6.07, 6.45) is 0.483. The molecule has 0 saturated heterocycles. The molecule has 0 bridgehead atoms. The second-order valence-electron chi connectivity index (χ2n) is 5.59. The molecule has 1 aliphatic rings. The van der Waals surface area contributed by atoms with Crippen LogP contribution >= 0.6 is 11.3 Å². The van der Waals surface area contributed by atoms with Crippen LogP contribution in [0.25, 0.3) is 0 Å². The summed E-state index contributed by atoms with van der Waals surface area (Å²) in [5.74, 6) is 0. The summed E-state index contributed by atoms with van der Waals surface area (Å²) < 4.78 is 10.6. The lowest BCUT2D eigenvalue weighted by atomic mass is 10.1. The third-order valence-corrected chi connectivity index (χ3v) is 4.18. The van der Waals surface area contributed by atoms with Crippen molar-refractivity contribution in [2.45, 2.75) is 45.8 Å². The Bertz CT molecular complexity index is 479. The zero-order valence-corrected chi connectivity index (χ0v) is 12.8. The molecule has 0 aliphatic carbocycles. The number of rotatable bonds is 1. The zero-order valence-electron chi connectivity index (χ0n) is 12.0. The van der Waals surface area contributed by atoms with Gasteiger partial charge in [0.2, 0.25) is 0 Å². The van der Waals surface area contributed by atoms with Crippen LogP contribution < -0.4 is 4.74 Å². The fourth-order valence-electron chi connectivity index (χ4n) is 2.07. The van der Waals surface area contributed by atoms with Crippen LogP contribution in [0.2, 0.25) is 0 Å². The molecule has 0 radical (unpaired) electrons. The number of methoxy groups -OCH3 is 1. The van der Waals surface area contributed by atoms with E-state index in [1.165, 1.54) is 11.3 Å². The molecule has 1 aromatic rings. The van der Waals surface area contributed by atoms with E-state index in [1.807, 2.05) is 27.7 Å². The number of ether oxygens (including phenoxy) is 2. The van der Waals surface area contributed by atoms with Crippen molar-refractivity contribution in [2.75, 3.05) is 13.7 Å². The molecule has 6 heteroatoms. The first-order chi connectivity index (χ1) is 8.81. The van der Waals surface area contributed by atoms with Crippen LogP contribution in [0.5, 0.6) is 5.19 Å². The number of thiazole rings is 1. The molecule has 0 unspecified atom stereocenters. The Hall–Kier alpha value is -1.30. The fourth-order valence-corrected chi connectivity index (χ4v) is 3.06. The molecular weight excluding hydrogens is 264 g/mol. The Kier molecular flexibility index (Phi) is 3.71. The highest BCUT2D eigenvalue weighted by Gasteiger charge is 2.33. The van der Waals surface area contributed by atoms with Crippen LogP contribution in [0.15, 0.2) is 0 Å². The topological polar surface area (TPSA) is 51.7 Å². The maximum Gasteiger partial charge on any atom is 0.410 e. The van der Waals surface area contributed by atoms with Gasteiger partial charge in [0, 0.05) is 13.0 Å². The molecular formula is C13H20N2O3S. The Morgan fingerprint density at radius 3 is 2.74 bits per heavy atom. The highest BCUT2D eigenvalue weighted by molar-refractivity contribution is 7.13. The van der Waals surface area contributed by atoms with E-state index in [2.05, 4.69) is 4.98 Å². The number of carbonyl (C=O) groups excluding carboxylic acids is 1. The molecule has 1 amide bonds. The van der Waals surface area contributed by atoms with Gasteiger partial charge in [0.15, 0.2) is 0 Å². The summed E-state index contributed by atoms with van der Waals surface area (Å²) in [6.45, 7) is 8.26. The monoisotopic (exact) mass is 284 g/mol. The average molecular weight is 284 g/mol. The third-order valence-electron chi connectivity index (χ3n) is 2.95. The molecule has 1 aliphatic heterocycles. The van der Waals surface area contributed by atoms with Crippen LogP contribution in [0.1, 0.15) is 44.3 Å². The Morgan fingerprint density at radius 2 is 2.16 bits per heavy atom. The lowest BCUT2D eigenvalue weighted by Gasteiger charge is -2.34. The summed E-state index contributed by atoms with van der Waals surface area (Å²) in [4.78, 5) is 19.4. The minimum atomic E-state index is -0.470. The van der Waals surface area contributed by atoms with Gasteiger partial charge in [-0.2, -0.15) is 0 Å². The molecule has 0 saturated carbocycles. The molecule has 0 spiro atoms. The lowest BCUT2D eigenvalue weighted by Crippen LogP contribution is -2.41. The second-order valence-corrected chi connectivity index (χ2v) is 6.59. The minimum absolute atomic E-state index is 0.0139. The number of nitrogens with zero attached hydrogens (tertiary/aromatic N) is 2. The van der Waals surface area contributed by atoms with E-state index in [0.29, 0.717) is 11.7 Å². The maximum atomic E-state index is 12.2. The summed E-state index contributed by atoms with van der Waals surface area (Å²) in [5, 5.41) is 0.655. The van der Waals surface area contributed by atoms with E-state index >= 15 is 0 Å². The fraction of sp³-hybridized carbons (Fsp3) is 0.692. The van der Waals surface area contributed by atoms with Gasteiger partial charge in [0.05, 0.1) is 23.7 Å². The van der Waals surface area contributed by atoms with Crippen LogP contribution in [-0.2, 0) is 11.2 Å². The van der Waals surface area contributed by atoms with Crippen molar-refractivity contribution in [1.82, 2.24) is 9.88 Å². The molecule has 1 aromatic heterocycles. The molecule has 0 N–H and O–H groups in total. The van der Waals surface area contributed by atoms with Crippen LogP contribution in [0.3, 0.4) is 0 Å². The summed E-state index contributed by atoms with van der Waals surface area (Å²) >= 11 is 1.50. The Labute approximate surface area is 117 Å². The van der Waals surface area contributed by atoms with Crippen LogP contribution in [0, 0.1) is 0 Å². The smallest absolute Gasteiger partial charge is 0.410 e. The first-order valence-corrected chi connectivity index (χ1v) is 7.16. The zero-order chi connectivity index (χ0) is 14.2. The predicted molar refractivity (Wildman–Crippen MR) is 73.7 cm³/mol. The molecule has 0 fully saturated rings. The number of aromatic nitrogens is 1. The van der Waals surface area contributed by atoms with Gasteiger partial charge in [-0.25, -0.2) is 9.78 Å². The lowest BCUT2D eigenvalue weighted by molar-refractivity contribution is 0.0162. The number of amides is 1. The first-order valence-electron chi connectivity index (χ1n) is 6.35. The Morgan fingerprint density at radius 1 is 1.47 bits per heavy atom. The van der Waals surface area contributed by atoms with Gasteiger partial charge < -0.3 is 14.4 Å². The second kappa shape index (κ2) is 5.00. The van der Waals surface area contributed by atoms with Crippen molar-refractivity contribution >= 4 is 17.4 Å². The molecule has 106 valence electrons. The quantitative estimate of drug-likeness (QED) is 0.795. The highest BCUT2D eigenvalue weighted by atomic mass is 32.1. The SMILES string of the molecule is COc1nc2c(s1)[C@@H](C)N(C(=O)OC(C)(C)C)CC2. The van der Waals surface area contributed by atoms with Gasteiger partial charge >= 0.3 is 6.09 Å². The van der Waals surface area contributed by atoms with Crippen molar-refractivity contribution in [3.8, 4) is 5.19 Å². The van der Waals surface area contributed by atoms with E-state index in [1.54, 1.807) is 12.0 Å². The van der Waals surface area contributed by atoms with Crippen LogP contribution in [0.4, 0.5) is 4.79 Å². The number of fused-ring (bicyclic) bond motifs is 1. The first kappa shape index (κ1) is 14.1. The third kappa shape index (κ3) is 3.00. The van der Waals surface area contributed by atoms with E-state index in [4.69, 9.17) is 9.47 Å². The molecule has 2 rings (SSSR count). The molecule has 5 nitrogen and oxygen atoms in total. The largest absolute Gasteiger partial charge is 0.473 e. The van der Waals surface area contributed by atoms with E-state index in [-0.39, 0.29) is 12.1 Å². The molecule has 19 heavy (non-hydrogen) atoms. The normalized spacial score (nSPS) is 19.0. The number of hydrogen-bond donors (Lipinski definition) is 0. The average Bonchev–Trinajstić information content (AvgIpc) is 2.71. The Balaban J connectivity index is 2.16. The molecule has 1 atom stereocenters. The minimum Gasteiger partial charge on any atom is -0.473 e. The van der Waals surface area contributed by atoms with Gasteiger partial charge in [-0.1, -0.05) is 11.3 Å². The number of carbonyl (C=O) groups is 1. The summed E-state index contributed by atoms with van der Waals surface area (Å²) in [7, 11) is 1.61. The van der Waals surface area contributed by atoms with Crippen molar-refractivity contribution in [2.24, 2.45) is 0 Å². The van der Waals surface area contributed by atoms with Crippen LogP contribution in [-0.4, -0.2) is 35.2 Å². The highest BCUT2D eigenvalue weighted by Crippen LogP contribution is 2.37. The van der Waals surface area contributed by atoms with Gasteiger partial charge in [0.1, 0.15) is 5.60 Å². The van der Waals surface area contributed by atoms with Crippen molar-refractivity contribution in [3.63, 3.8) is 0 Å². The van der Waals surface area contributed by atoms with Crippen molar-refractivity contribution in [3.05, 3.63) is 10.6 Å². The summed E-state index contributed by atoms with van der Waals surface area (Å²) in [6, 6.07) is -0.0139. The van der Waals surface area contributed by atoms with E-state index in [0.717, 1.165) is 17.0 Å². The van der Waals surface area contributed by atoms with E-state index < -0.39 is 5.60 Å². The maximum absolute atomic E-state index is 12.2. The van der Waals surface area contributed by atoms with Crippen molar-refractivity contribution < 1.29 is 14.3 Å². The number of hydrogen-bond acceptors (Lipinski definition) is 5. The van der Waals surface area contributed by atoms with Gasteiger partial charge in [0.25, 0.3) is 5.19 Å². The molecule has 2 heterocycles. The predicted octanol–water partition coefficient (Wildman–Crippen LogP) is 3.01. The van der Waals surface area contributed by atoms with E-state index in [9.17, 15) is 4.79 Å².